The van der Waals surface area contributed by atoms with Gasteiger partial charge in [-0.25, -0.2) is 0 Å². The Hall–Kier alpha value is -1.23. The summed E-state index contributed by atoms with van der Waals surface area (Å²) < 4.78 is 5.96. The zero-order valence-corrected chi connectivity index (χ0v) is 16.9. The predicted octanol–water partition coefficient (Wildman–Crippen LogP) is 4.23. The van der Waals surface area contributed by atoms with Gasteiger partial charge in [0, 0.05) is 29.2 Å². The molecule has 4 bridgehead atoms. The van der Waals surface area contributed by atoms with Gasteiger partial charge in [0.05, 0.1) is 0 Å². The van der Waals surface area contributed by atoms with Crippen molar-refractivity contribution in [3.8, 4) is 5.75 Å². The zero-order valence-electron chi connectivity index (χ0n) is 16.1. The fraction of sp³-hybridized carbons (Fsp3) is 0.636. The number of benzene rings is 1. The molecule has 1 atom stereocenters. The molecule has 1 aromatic heterocycles. The summed E-state index contributed by atoms with van der Waals surface area (Å²) in [6, 6.07) is 8.03. The van der Waals surface area contributed by atoms with Gasteiger partial charge in [-0.3, -0.25) is 4.90 Å². The van der Waals surface area contributed by atoms with Gasteiger partial charge < -0.3 is 14.8 Å². The molecule has 4 nitrogen and oxygen atoms in total. The largest absolute Gasteiger partial charge is 0.490 e. The summed E-state index contributed by atoms with van der Waals surface area (Å²) in [5.41, 5.74) is 1.42. The van der Waals surface area contributed by atoms with Gasteiger partial charge in [0.2, 0.25) is 0 Å². The lowest BCUT2D eigenvalue weighted by Gasteiger charge is -2.60. The number of β-amino-alcohol motifs (C(OH)–C–C–N with tert-alkyl or cyclic N) is 1. The van der Waals surface area contributed by atoms with E-state index in [4.69, 9.17) is 4.74 Å². The molecule has 2 aromatic rings. The molecule has 2 N–H and O–H groups in total. The number of rotatable bonds is 6. The second-order valence-electron chi connectivity index (χ2n) is 9.18. The highest BCUT2D eigenvalue weighted by molar-refractivity contribution is 5.86. The number of nitrogens with zero attached hydrogens (tertiary/aromatic N) is 1. The fourth-order valence-electron chi connectivity index (χ4n) is 6.46. The quantitative estimate of drug-likeness (QED) is 0.775. The average Bonchev–Trinajstić information content (AvgIpc) is 3.08. The van der Waals surface area contributed by atoms with Crippen LogP contribution in [0.3, 0.4) is 0 Å². The van der Waals surface area contributed by atoms with E-state index in [9.17, 15) is 5.11 Å². The van der Waals surface area contributed by atoms with Crippen molar-refractivity contribution in [2.45, 2.75) is 50.2 Å². The number of nitrogens with one attached hydrogen (secondary N) is 1. The third-order valence-electron chi connectivity index (χ3n) is 7.29. The molecule has 0 radical (unpaired) electrons. The first-order chi connectivity index (χ1) is 12.6. The lowest BCUT2D eigenvalue weighted by molar-refractivity contribution is -0.0911. The molecular weight excluding hydrogens is 360 g/mol. The van der Waals surface area contributed by atoms with Crippen LogP contribution in [0, 0.1) is 17.8 Å². The third kappa shape index (κ3) is 3.48. The van der Waals surface area contributed by atoms with Crippen molar-refractivity contribution >= 4 is 23.3 Å². The second-order valence-corrected chi connectivity index (χ2v) is 9.18. The topological polar surface area (TPSA) is 48.5 Å². The Labute approximate surface area is 167 Å². The minimum atomic E-state index is -0.456. The van der Waals surface area contributed by atoms with Crippen LogP contribution in [0.5, 0.6) is 5.75 Å². The Morgan fingerprint density at radius 2 is 1.81 bits per heavy atom. The van der Waals surface area contributed by atoms with Crippen LogP contribution >= 0.6 is 12.4 Å². The molecule has 4 aliphatic rings. The fourth-order valence-corrected chi connectivity index (χ4v) is 6.46. The maximum Gasteiger partial charge on any atom is 0.128 e. The minimum absolute atomic E-state index is 0. The van der Waals surface area contributed by atoms with Gasteiger partial charge in [0.15, 0.2) is 0 Å². The van der Waals surface area contributed by atoms with Crippen molar-refractivity contribution in [1.82, 2.24) is 9.88 Å². The van der Waals surface area contributed by atoms with Crippen LogP contribution in [-0.4, -0.2) is 46.8 Å². The Kier molecular flexibility index (Phi) is 5.17. The molecule has 4 fully saturated rings. The Morgan fingerprint density at radius 3 is 2.48 bits per heavy atom. The van der Waals surface area contributed by atoms with Gasteiger partial charge in [-0.1, -0.05) is 6.07 Å². The smallest absolute Gasteiger partial charge is 0.128 e. The molecule has 1 aromatic carbocycles. The standard InChI is InChI=1S/C22H30N2O2.ClH/c1-24(22-10-15-7-16(11-22)9-17(8-15)12-22)13-18(25)14-26-21-4-2-3-20-19(21)5-6-23-20;/h2-6,15-18,23,25H,7-14H2,1H3;1H. The molecule has 5 heteroatoms. The van der Waals surface area contributed by atoms with Crippen molar-refractivity contribution in [2.75, 3.05) is 20.2 Å². The molecule has 1 heterocycles. The van der Waals surface area contributed by atoms with Gasteiger partial charge in [0.1, 0.15) is 18.5 Å². The highest BCUT2D eigenvalue weighted by atomic mass is 35.5. The third-order valence-corrected chi connectivity index (χ3v) is 7.29. The summed E-state index contributed by atoms with van der Waals surface area (Å²) in [5, 5.41) is 11.7. The van der Waals surface area contributed by atoms with E-state index in [1.165, 1.54) is 38.5 Å². The normalized spacial score (nSPS) is 32.6. The summed E-state index contributed by atoms with van der Waals surface area (Å²) in [5.74, 6) is 3.65. The number of halogens is 1. The van der Waals surface area contributed by atoms with E-state index < -0.39 is 6.10 Å². The van der Waals surface area contributed by atoms with E-state index in [0.29, 0.717) is 18.7 Å². The van der Waals surface area contributed by atoms with Crippen molar-refractivity contribution in [2.24, 2.45) is 17.8 Å². The molecule has 4 aliphatic carbocycles. The van der Waals surface area contributed by atoms with Crippen LogP contribution in [0.15, 0.2) is 30.5 Å². The molecule has 27 heavy (non-hydrogen) atoms. The van der Waals surface area contributed by atoms with Crippen molar-refractivity contribution < 1.29 is 9.84 Å². The van der Waals surface area contributed by atoms with Crippen LogP contribution in [-0.2, 0) is 0 Å². The minimum Gasteiger partial charge on any atom is -0.490 e. The van der Waals surface area contributed by atoms with Crippen LogP contribution < -0.4 is 4.74 Å². The number of aromatic nitrogens is 1. The maximum absolute atomic E-state index is 10.6. The molecular formula is C22H31ClN2O2. The van der Waals surface area contributed by atoms with Crippen LogP contribution in [0.4, 0.5) is 0 Å². The molecule has 0 aliphatic heterocycles. The average molecular weight is 391 g/mol. The van der Waals surface area contributed by atoms with Gasteiger partial charge in [-0.05, 0) is 81.5 Å². The SMILES string of the molecule is CN(CC(O)COc1cccc2[nH]ccc12)C12CC3CC(CC(C3)C1)C2.Cl. The molecule has 0 spiro atoms. The molecule has 0 saturated heterocycles. The van der Waals surface area contributed by atoms with E-state index in [2.05, 4.69) is 16.9 Å². The summed E-state index contributed by atoms with van der Waals surface area (Å²) in [7, 11) is 2.23. The van der Waals surface area contributed by atoms with E-state index in [0.717, 1.165) is 34.4 Å². The summed E-state index contributed by atoms with van der Waals surface area (Å²) in [6.45, 7) is 1.05. The molecule has 6 rings (SSSR count). The van der Waals surface area contributed by atoms with Gasteiger partial charge in [0.25, 0.3) is 0 Å². The van der Waals surface area contributed by atoms with Crippen molar-refractivity contribution in [3.63, 3.8) is 0 Å². The number of aliphatic hydroxyl groups is 1. The monoisotopic (exact) mass is 390 g/mol. The number of likely N-dealkylation sites (N-methyl/N-ethyl adjacent to an activating group) is 1. The Bertz CT molecular complexity index is 754. The van der Waals surface area contributed by atoms with E-state index in [1.807, 2.05) is 30.5 Å². The van der Waals surface area contributed by atoms with Gasteiger partial charge in [-0.2, -0.15) is 0 Å². The van der Waals surface area contributed by atoms with Crippen LogP contribution in [0.1, 0.15) is 38.5 Å². The van der Waals surface area contributed by atoms with E-state index in [-0.39, 0.29) is 12.4 Å². The summed E-state index contributed by atoms with van der Waals surface area (Å²) in [6.07, 6.45) is 9.86. The lowest BCUT2D eigenvalue weighted by Crippen LogP contribution is -2.60. The van der Waals surface area contributed by atoms with Crippen molar-refractivity contribution in [3.05, 3.63) is 30.5 Å². The number of hydrogen-bond acceptors (Lipinski definition) is 3. The maximum atomic E-state index is 10.6. The van der Waals surface area contributed by atoms with E-state index in [1.54, 1.807) is 0 Å². The highest BCUT2D eigenvalue weighted by Gasteiger charge is 2.52. The first-order valence-corrected chi connectivity index (χ1v) is 10.2. The van der Waals surface area contributed by atoms with E-state index >= 15 is 0 Å². The summed E-state index contributed by atoms with van der Waals surface area (Å²) in [4.78, 5) is 5.68. The molecule has 0 amide bonds. The Morgan fingerprint density at radius 1 is 1.15 bits per heavy atom. The van der Waals surface area contributed by atoms with Crippen LogP contribution in [0.2, 0.25) is 0 Å². The Balaban J connectivity index is 0.00000180. The number of H-pyrrole nitrogens is 1. The number of hydrogen-bond donors (Lipinski definition) is 2. The predicted molar refractivity (Wildman–Crippen MR) is 111 cm³/mol. The van der Waals surface area contributed by atoms with Gasteiger partial charge in [-0.15, -0.1) is 12.4 Å². The lowest BCUT2D eigenvalue weighted by atomic mass is 9.52. The number of aromatic amines is 1. The first kappa shape index (κ1) is 19.1. The molecule has 1 unspecified atom stereocenters. The first-order valence-electron chi connectivity index (χ1n) is 10.2. The molecule has 148 valence electrons. The molecule has 4 saturated carbocycles. The number of ether oxygens (including phenoxy) is 1. The van der Waals surface area contributed by atoms with Gasteiger partial charge >= 0.3 is 0 Å². The number of aliphatic hydroxyl groups excluding tert-OH is 1. The van der Waals surface area contributed by atoms with Crippen LogP contribution in [0.25, 0.3) is 10.9 Å². The summed E-state index contributed by atoms with van der Waals surface area (Å²) >= 11 is 0. The number of fused-ring (bicyclic) bond motifs is 1. The highest BCUT2D eigenvalue weighted by Crippen LogP contribution is 2.57. The van der Waals surface area contributed by atoms with Crippen molar-refractivity contribution in [1.29, 1.82) is 0 Å². The second kappa shape index (κ2) is 7.31. The zero-order chi connectivity index (χ0) is 17.7.